The van der Waals surface area contributed by atoms with E-state index in [1.54, 1.807) is 30.3 Å². The molecule has 0 amide bonds. The maximum Gasteiger partial charge on any atom is 0.339 e. The molecule has 0 radical (unpaired) electrons. The molecule has 0 aliphatic carbocycles. The SMILES string of the molecule is CC.COC(=O)c1cncc(Oc2ccc(N)cc2)c1. The Bertz CT molecular complexity index is 553. The summed E-state index contributed by atoms with van der Waals surface area (Å²) < 4.78 is 10.1. The maximum atomic E-state index is 11.3. The predicted molar refractivity (Wildman–Crippen MR) is 77.9 cm³/mol. The number of nitrogen functional groups attached to an aromatic ring is 1. The Morgan fingerprint density at radius 2 is 1.75 bits per heavy atom. The number of benzene rings is 1. The van der Waals surface area contributed by atoms with Crippen LogP contribution in [-0.4, -0.2) is 18.1 Å². The second kappa shape index (κ2) is 7.78. The van der Waals surface area contributed by atoms with E-state index in [4.69, 9.17) is 10.5 Å². The molecule has 0 saturated heterocycles. The van der Waals surface area contributed by atoms with E-state index < -0.39 is 5.97 Å². The van der Waals surface area contributed by atoms with Gasteiger partial charge in [-0.25, -0.2) is 4.79 Å². The van der Waals surface area contributed by atoms with Gasteiger partial charge in [0.15, 0.2) is 0 Å². The maximum absolute atomic E-state index is 11.3. The molecule has 106 valence electrons. The van der Waals surface area contributed by atoms with Crippen LogP contribution in [0.1, 0.15) is 24.2 Å². The number of esters is 1. The molecule has 2 N–H and O–H groups in total. The molecule has 20 heavy (non-hydrogen) atoms. The number of nitrogens with two attached hydrogens (primary N) is 1. The van der Waals surface area contributed by atoms with Crippen molar-refractivity contribution in [3.63, 3.8) is 0 Å². The Balaban J connectivity index is 0.000000956. The van der Waals surface area contributed by atoms with Gasteiger partial charge in [0.2, 0.25) is 0 Å². The minimum Gasteiger partial charge on any atom is -0.465 e. The van der Waals surface area contributed by atoms with E-state index in [1.165, 1.54) is 19.5 Å². The second-order valence-corrected chi connectivity index (χ2v) is 3.57. The summed E-state index contributed by atoms with van der Waals surface area (Å²) in [4.78, 5) is 15.2. The van der Waals surface area contributed by atoms with Crippen LogP contribution in [0.15, 0.2) is 42.7 Å². The monoisotopic (exact) mass is 274 g/mol. The Labute approximate surface area is 118 Å². The van der Waals surface area contributed by atoms with E-state index in [-0.39, 0.29) is 0 Å². The summed E-state index contributed by atoms with van der Waals surface area (Å²) in [5, 5.41) is 0. The predicted octanol–water partition coefficient (Wildman–Crippen LogP) is 3.27. The average Bonchev–Trinajstić information content (AvgIpc) is 2.51. The van der Waals surface area contributed by atoms with Gasteiger partial charge in [0.25, 0.3) is 0 Å². The first kappa shape index (κ1) is 15.5. The number of methoxy groups -OCH3 is 1. The molecule has 2 aromatic rings. The fourth-order valence-corrected chi connectivity index (χ4v) is 1.38. The van der Waals surface area contributed by atoms with Crippen LogP contribution in [0.2, 0.25) is 0 Å². The van der Waals surface area contributed by atoms with Crippen molar-refractivity contribution in [3.05, 3.63) is 48.3 Å². The van der Waals surface area contributed by atoms with Crippen molar-refractivity contribution in [1.82, 2.24) is 4.98 Å². The average molecular weight is 274 g/mol. The first-order valence-electron chi connectivity index (χ1n) is 6.26. The molecule has 1 aromatic carbocycles. The van der Waals surface area contributed by atoms with Crippen LogP contribution in [0.4, 0.5) is 5.69 Å². The number of carbonyl (C=O) groups is 1. The summed E-state index contributed by atoms with van der Waals surface area (Å²) in [7, 11) is 1.32. The van der Waals surface area contributed by atoms with Crippen LogP contribution in [0, 0.1) is 0 Å². The largest absolute Gasteiger partial charge is 0.465 e. The second-order valence-electron chi connectivity index (χ2n) is 3.57. The summed E-state index contributed by atoms with van der Waals surface area (Å²) >= 11 is 0. The number of hydrogen-bond donors (Lipinski definition) is 1. The number of pyridine rings is 1. The zero-order chi connectivity index (χ0) is 15.0. The Hall–Kier alpha value is -2.56. The third-order valence-corrected chi connectivity index (χ3v) is 2.25. The number of carbonyl (C=O) groups excluding carboxylic acids is 1. The molecule has 0 aliphatic heterocycles. The van der Waals surface area contributed by atoms with Crippen molar-refractivity contribution in [2.45, 2.75) is 13.8 Å². The standard InChI is InChI=1S/C13H12N2O3.C2H6/c1-17-13(16)9-6-12(8-15-7-9)18-11-4-2-10(14)3-5-11;1-2/h2-8H,14H2,1H3;1-2H3. The fraction of sp³-hybridized carbons (Fsp3) is 0.200. The Morgan fingerprint density at radius 3 is 2.35 bits per heavy atom. The zero-order valence-corrected chi connectivity index (χ0v) is 11.8. The van der Waals surface area contributed by atoms with Gasteiger partial charge in [-0.15, -0.1) is 0 Å². The summed E-state index contributed by atoms with van der Waals surface area (Å²) in [6.45, 7) is 4.00. The molecule has 5 nitrogen and oxygen atoms in total. The zero-order valence-electron chi connectivity index (χ0n) is 11.8. The Morgan fingerprint density at radius 1 is 1.10 bits per heavy atom. The third kappa shape index (κ3) is 4.28. The van der Waals surface area contributed by atoms with Gasteiger partial charge in [-0.1, -0.05) is 13.8 Å². The number of aromatic nitrogens is 1. The molecule has 0 aliphatic rings. The lowest BCUT2D eigenvalue weighted by molar-refractivity contribution is 0.0600. The molecule has 0 saturated carbocycles. The van der Waals surface area contributed by atoms with E-state index in [9.17, 15) is 4.79 Å². The lowest BCUT2D eigenvalue weighted by Crippen LogP contribution is -2.01. The van der Waals surface area contributed by atoms with Crippen LogP contribution in [0.3, 0.4) is 0 Å². The highest BCUT2D eigenvalue weighted by molar-refractivity contribution is 5.89. The van der Waals surface area contributed by atoms with Gasteiger partial charge in [0.05, 0.1) is 18.9 Å². The van der Waals surface area contributed by atoms with Crippen molar-refractivity contribution in [3.8, 4) is 11.5 Å². The van der Waals surface area contributed by atoms with E-state index in [1.807, 2.05) is 13.8 Å². The first-order valence-corrected chi connectivity index (χ1v) is 6.26. The fourth-order valence-electron chi connectivity index (χ4n) is 1.38. The highest BCUT2D eigenvalue weighted by Gasteiger charge is 2.07. The molecule has 0 unspecified atom stereocenters. The van der Waals surface area contributed by atoms with Gasteiger partial charge >= 0.3 is 5.97 Å². The number of rotatable bonds is 3. The van der Waals surface area contributed by atoms with Gasteiger partial charge in [-0.3, -0.25) is 4.98 Å². The Kier molecular flexibility index (Phi) is 6.03. The number of ether oxygens (including phenoxy) is 2. The van der Waals surface area contributed by atoms with Gasteiger partial charge in [0, 0.05) is 11.9 Å². The number of anilines is 1. The van der Waals surface area contributed by atoms with Gasteiger partial charge in [0.1, 0.15) is 11.5 Å². The number of nitrogens with zero attached hydrogens (tertiary/aromatic N) is 1. The molecule has 0 fully saturated rings. The number of hydrogen-bond acceptors (Lipinski definition) is 5. The highest BCUT2D eigenvalue weighted by atomic mass is 16.5. The van der Waals surface area contributed by atoms with Crippen molar-refractivity contribution in [1.29, 1.82) is 0 Å². The molecular formula is C15H18N2O3. The molecular weight excluding hydrogens is 256 g/mol. The molecule has 1 heterocycles. The van der Waals surface area contributed by atoms with Crippen molar-refractivity contribution < 1.29 is 14.3 Å². The van der Waals surface area contributed by atoms with Crippen LogP contribution in [0.25, 0.3) is 0 Å². The van der Waals surface area contributed by atoms with Crippen molar-refractivity contribution in [2.24, 2.45) is 0 Å². The molecule has 0 spiro atoms. The third-order valence-electron chi connectivity index (χ3n) is 2.25. The van der Waals surface area contributed by atoms with Crippen LogP contribution < -0.4 is 10.5 Å². The van der Waals surface area contributed by atoms with E-state index in [2.05, 4.69) is 9.72 Å². The van der Waals surface area contributed by atoms with Gasteiger partial charge < -0.3 is 15.2 Å². The van der Waals surface area contributed by atoms with E-state index in [0.29, 0.717) is 22.7 Å². The molecule has 0 atom stereocenters. The highest BCUT2D eigenvalue weighted by Crippen LogP contribution is 2.22. The lowest BCUT2D eigenvalue weighted by atomic mass is 10.3. The molecule has 1 aromatic heterocycles. The van der Waals surface area contributed by atoms with Crippen LogP contribution in [0.5, 0.6) is 11.5 Å². The summed E-state index contributed by atoms with van der Waals surface area (Å²) in [5.74, 6) is 0.626. The van der Waals surface area contributed by atoms with Gasteiger partial charge in [-0.2, -0.15) is 0 Å². The first-order chi connectivity index (χ1) is 9.69. The summed E-state index contributed by atoms with van der Waals surface area (Å²) in [5.41, 5.74) is 6.57. The van der Waals surface area contributed by atoms with E-state index in [0.717, 1.165) is 0 Å². The molecule has 5 heteroatoms. The minimum absolute atomic E-state index is 0.338. The summed E-state index contributed by atoms with van der Waals surface area (Å²) in [6, 6.07) is 8.50. The quantitative estimate of drug-likeness (QED) is 0.686. The van der Waals surface area contributed by atoms with Gasteiger partial charge in [-0.05, 0) is 30.3 Å². The molecule has 2 rings (SSSR count). The van der Waals surface area contributed by atoms with Crippen molar-refractivity contribution in [2.75, 3.05) is 12.8 Å². The topological polar surface area (TPSA) is 74.4 Å². The smallest absolute Gasteiger partial charge is 0.339 e. The van der Waals surface area contributed by atoms with Crippen LogP contribution in [-0.2, 0) is 4.74 Å². The molecule has 0 bridgehead atoms. The van der Waals surface area contributed by atoms with Crippen LogP contribution >= 0.6 is 0 Å². The summed E-state index contributed by atoms with van der Waals surface area (Å²) in [6.07, 6.45) is 2.93. The van der Waals surface area contributed by atoms with E-state index >= 15 is 0 Å². The lowest BCUT2D eigenvalue weighted by Gasteiger charge is -2.06. The minimum atomic E-state index is -0.453. The normalized spacial score (nSPS) is 9.15. The van der Waals surface area contributed by atoms with Crippen molar-refractivity contribution >= 4 is 11.7 Å².